The van der Waals surface area contributed by atoms with Crippen molar-refractivity contribution in [3.63, 3.8) is 0 Å². The molecule has 5 nitrogen and oxygen atoms in total. The van der Waals surface area contributed by atoms with Crippen molar-refractivity contribution in [1.82, 2.24) is 0 Å². The molecule has 0 heterocycles. The standard InChI is InChI=1S/C28H43F3O5/c1-16(17(2)32)20-7-8-21-19-6-5-18-15-27(28(29,30)31,36-24(35)10-9-23(33)34)14-13-25(18,3)22(19)11-12-26(20,21)4/h16-22,32H,5-15H2,1-4H3,(H,33,34)/t16-,17-,18-,19+,20-,21+,22+,25+,26-,27-/m1/s1. The summed E-state index contributed by atoms with van der Waals surface area (Å²) in [6, 6.07) is 0. The zero-order valence-corrected chi connectivity index (χ0v) is 22.1. The molecule has 0 aliphatic heterocycles. The Balaban J connectivity index is 1.53. The third-order valence-corrected chi connectivity index (χ3v) is 11.5. The second kappa shape index (κ2) is 9.46. The van der Waals surface area contributed by atoms with Crippen LogP contribution in [0.15, 0.2) is 0 Å². The molecule has 0 amide bonds. The molecular formula is C28H43F3O5. The van der Waals surface area contributed by atoms with Crippen LogP contribution < -0.4 is 0 Å². The molecule has 0 spiro atoms. The number of carboxylic acid groups (broad SMARTS) is 1. The Bertz CT molecular complexity index is 859. The number of aliphatic hydroxyl groups excluding tert-OH is 1. The first kappa shape index (κ1) is 27.7. The lowest BCUT2D eigenvalue weighted by Crippen LogP contribution is -2.60. The first-order valence-electron chi connectivity index (χ1n) is 13.8. The van der Waals surface area contributed by atoms with Crippen LogP contribution in [0.1, 0.15) is 98.3 Å². The fraction of sp³-hybridized carbons (Fsp3) is 0.929. The van der Waals surface area contributed by atoms with Gasteiger partial charge in [-0.05, 0) is 111 Å². The second-order valence-electron chi connectivity index (χ2n) is 13.0. The lowest BCUT2D eigenvalue weighted by atomic mass is 9.43. The molecule has 0 unspecified atom stereocenters. The minimum atomic E-state index is -4.69. The van der Waals surface area contributed by atoms with Crippen molar-refractivity contribution in [3.8, 4) is 0 Å². The van der Waals surface area contributed by atoms with E-state index in [9.17, 15) is 27.9 Å². The number of hydrogen-bond acceptors (Lipinski definition) is 4. The summed E-state index contributed by atoms with van der Waals surface area (Å²) >= 11 is 0. The topological polar surface area (TPSA) is 83.8 Å². The second-order valence-corrected chi connectivity index (χ2v) is 13.0. The molecule has 4 aliphatic rings. The molecule has 0 aromatic rings. The van der Waals surface area contributed by atoms with Gasteiger partial charge in [0.15, 0.2) is 0 Å². The maximum absolute atomic E-state index is 14.4. The molecule has 4 saturated carbocycles. The summed E-state index contributed by atoms with van der Waals surface area (Å²) in [5, 5.41) is 19.1. The van der Waals surface area contributed by atoms with Gasteiger partial charge in [0, 0.05) is 0 Å². The largest absolute Gasteiger partial charge is 0.481 e. The third-order valence-electron chi connectivity index (χ3n) is 11.5. The first-order valence-corrected chi connectivity index (χ1v) is 13.8. The highest BCUT2D eigenvalue weighted by Gasteiger charge is 2.67. The number of carboxylic acids is 1. The number of alkyl halides is 3. The lowest BCUT2D eigenvalue weighted by molar-refractivity contribution is -0.297. The van der Waals surface area contributed by atoms with E-state index in [1.165, 1.54) is 0 Å². The summed E-state index contributed by atoms with van der Waals surface area (Å²) in [5.74, 6) is -0.377. The minimum absolute atomic E-state index is 0.171. The number of esters is 1. The maximum atomic E-state index is 14.4. The molecule has 36 heavy (non-hydrogen) atoms. The number of hydrogen-bond donors (Lipinski definition) is 2. The molecule has 8 heteroatoms. The summed E-state index contributed by atoms with van der Waals surface area (Å²) in [4.78, 5) is 23.0. The number of halogens is 3. The molecule has 4 rings (SSSR count). The van der Waals surface area contributed by atoms with Crippen molar-refractivity contribution in [2.24, 2.45) is 46.3 Å². The molecule has 0 aromatic heterocycles. The molecule has 0 bridgehead atoms. The van der Waals surface area contributed by atoms with Crippen molar-refractivity contribution >= 4 is 11.9 Å². The summed E-state index contributed by atoms with van der Waals surface area (Å²) < 4.78 is 48.2. The van der Waals surface area contributed by atoms with E-state index >= 15 is 0 Å². The maximum Gasteiger partial charge on any atom is 0.428 e. The molecular weight excluding hydrogens is 473 g/mol. The Hall–Kier alpha value is -1.31. The molecule has 0 saturated heterocycles. The van der Waals surface area contributed by atoms with Crippen molar-refractivity contribution in [2.75, 3.05) is 0 Å². The SMILES string of the molecule is C[C@@H]([C@H]1CC[C@H]2[C@@H]3CC[C@@H]4C[C@@](OC(=O)CCC(=O)O)(C(F)(F)F)CC[C@]4(C)[C@H]3CC[C@]12C)[C@@H](C)O. The Morgan fingerprint density at radius 1 is 0.944 bits per heavy atom. The van der Waals surface area contributed by atoms with Crippen LogP contribution >= 0.6 is 0 Å². The predicted molar refractivity (Wildman–Crippen MR) is 128 cm³/mol. The van der Waals surface area contributed by atoms with E-state index in [4.69, 9.17) is 9.84 Å². The van der Waals surface area contributed by atoms with Crippen LogP contribution in [0.2, 0.25) is 0 Å². The van der Waals surface area contributed by atoms with Crippen molar-refractivity contribution < 1.29 is 37.7 Å². The van der Waals surface area contributed by atoms with E-state index in [1.807, 2.05) is 6.92 Å². The highest BCUT2D eigenvalue weighted by molar-refractivity contribution is 5.76. The van der Waals surface area contributed by atoms with Crippen molar-refractivity contribution in [1.29, 1.82) is 0 Å². The van der Waals surface area contributed by atoms with Gasteiger partial charge in [0.1, 0.15) is 0 Å². The Morgan fingerprint density at radius 2 is 1.61 bits per heavy atom. The number of aliphatic carboxylic acids is 1. The molecule has 0 radical (unpaired) electrons. The summed E-state index contributed by atoms with van der Waals surface area (Å²) in [6.07, 6.45) is -0.327. The van der Waals surface area contributed by atoms with E-state index in [1.54, 1.807) is 0 Å². The summed E-state index contributed by atoms with van der Waals surface area (Å²) in [6.45, 7) is 8.60. The van der Waals surface area contributed by atoms with Gasteiger partial charge in [-0.25, -0.2) is 0 Å². The summed E-state index contributed by atoms with van der Waals surface area (Å²) in [7, 11) is 0. The minimum Gasteiger partial charge on any atom is -0.481 e. The van der Waals surface area contributed by atoms with E-state index in [2.05, 4.69) is 20.8 Å². The average Bonchev–Trinajstić information content (AvgIpc) is 3.13. The van der Waals surface area contributed by atoms with Gasteiger partial charge in [-0.1, -0.05) is 20.8 Å². The molecule has 0 aromatic carbocycles. The zero-order valence-electron chi connectivity index (χ0n) is 22.1. The summed E-state index contributed by atoms with van der Waals surface area (Å²) in [5.41, 5.74) is -2.57. The van der Waals surface area contributed by atoms with E-state index in [0.717, 1.165) is 32.1 Å². The predicted octanol–water partition coefficient (Wildman–Crippen LogP) is 6.37. The Kier molecular flexibility index (Phi) is 7.28. The zero-order chi connectivity index (χ0) is 26.7. The lowest BCUT2D eigenvalue weighted by Gasteiger charge is -2.62. The number of rotatable bonds is 6. The molecule has 10 atom stereocenters. The highest BCUT2D eigenvalue weighted by atomic mass is 19.4. The number of carbonyl (C=O) groups excluding carboxylic acids is 1. The molecule has 2 N–H and O–H groups in total. The molecule has 4 aliphatic carbocycles. The average molecular weight is 517 g/mol. The fourth-order valence-electron chi connectivity index (χ4n) is 9.36. The number of fused-ring (bicyclic) bond motifs is 5. The number of ether oxygens (including phenoxy) is 1. The van der Waals surface area contributed by atoms with Crippen LogP contribution in [0.5, 0.6) is 0 Å². The van der Waals surface area contributed by atoms with Crippen LogP contribution in [0.25, 0.3) is 0 Å². The van der Waals surface area contributed by atoms with Gasteiger partial charge >= 0.3 is 18.1 Å². The third kappa shape index (κ3) is 4.47. The van der Waals surface area contributed by atoms with Gasteiger partial charge in [-0.3, -0.25) is 9.59 Å². The molecule has 206 valence electrons. The van der Waals surface area contributed by atoms with Gasteiger partial charge in [0.25, 0.3) is 0 Å². The van der Waals surface area contributed by atoms with Crippen LogP contribution in [0.4, 0.5) is 13.2 Å². The number of aliphatic hydroxyl groups is 1. The van der Waals surface area contributed by atoms with Crippen LogP contribution in [-0.4, -0.2) is 40.0 Å². The van der Waals surface area contributed by atoms with Gasteiger partial charge < -0.3 is 14.9 Å². The van der Waals surface area contributed by atoms with Gasteiger partial charge in [0.05, 0.1) is 18.9 Å². The van der Waals surface area contributed by atoms with Gasteiger partial charge in [-0.15, -0.1) is 0 Å². The van der Waals surface area contributed by atoms with Crippen LogP contribution in [0.3, 0.4) is 0 Å². The smallest absolute Gasteiger partial charge is 0.428 e. The highest BCUT2D eigenvalue weighted by Crippen LogP contribution is 2.69. The fourth-order valence-corrected chi connectivity index (χ4v) is 9.36. The van der Waals surface area contributed by atoms with Crippen LogP contribution in [0, 0.1) is 46.3 Å². The van der Waals surface area contributed by atoms with Crippen molar-refractivity contribution in [2.45, 2.75) is 116 Å². The number of carbonyl (C=O) groups is 2. The Labute approximate surface area is 212 Å². The van der Waals surface area contributed by atoms with Crippen LogP contribution in [-0.2, 0) is 14.3 Å². The first-order chi connectivity index (χ1) is 16.6. The van der Waals surface area contributed by atoms with Gasteiger partial charge in [0.2, 0.25) is 5.60 Å². The normalized spacial score (nSPS) is 44.1. The Morgan fingerprint density at radius 3 is 2.22 bits per heavy atom. The quantitative estimate of drug-likeness (QED) is 0.401. The monoisotopic (exact) mass is 516 g/mol. The van der Waals surface area contributed by atoms with E-state index < -0.39 is 36.6 Å². The van der Waals surface area contributed by atoms with E-state index in [0.29, 0.717) is 36.5 Å². The van der Waals surface area contributed by atoms with E-state index in [-0.39, 0.29) is 41.6 Å². The molecule has 4 fully saturated rings. The van der Waals surface area contributed by atoms with Crippen molar-refractivity contribution in [3.05, 3.63) is 0 Å². The van der Waals surface area contributed by atoms with Gasteiger partial charge in [-0.2, -0.15) is 13.2 Å².